The molecule has 0 fully saturated rings. The third-order valence-electron chi connectivity index (χ3n) is 2.92. The van der Waals surface area contributed by atoms with Crippen molar-refractivity contribution in [2.45, 2.75) is 12.6 Å². The molecule has 1 aromatic heterocycles. The van der Waals surface area contributed by atoms with Crippen molar-refractivity contribution >= 4 is 22.9 Å². The lowest BCUT2D eigenvalue weighted by Gasteiger charge is -2.26. The Kier molecular flexibility index (Phi) is 4.87. The molecule has 0 saturated carbocycles. The van der Waals surface area contributed by atoms with Crippen LogP contribution in [0.4, 0.5) is 4.39 Å². The molecule has 0 spiro atoms. The molecule has 2 rings (SSSR count). The standard InChI is InChI=1S/C13H15ClFN3S/c1-18(6-12-7-19-8-17-12)13(5-16)9-2-10(14)4-11(15)3-9/h2-4,7-8,13H,5-6,16H2,1H3. The van der Waals surface area contributed by atoms with Gasteiger partial charge in [0.1, 0.15) is 5.82 Å². The Morgan fingerprint density at radius 3 is 2.84 bits per heavy atom. The molecule has 0 aliphatic carbocycles. The third kappa shape index (κ3) is 3.73. The quantitative estimate of drug-likeness (QED) is 0.922. The number of aromatic nitrogens is 1. The second-order valence-corrected chi connectivity index (χ2v) is 5.50. The average Bonchev–Trinajstić information content (AvgIpc) is 2.81. The average molecular weight is 300 g/mol. The summed E-state index contributed by atoms with van der Waals surface area (Å²) in [4.78, 5) is 6.28. The van der Waals surface area contributed by atoms with Crippen LogP contribution in [-0.2, 0) is 6.54 Å². The first-order chi connectivity index (χ1) is 9.10. The number of thiazole rings is 1. The minimum Gasteiger partial charge on any atom is -0.329 e. The molecule has 1 atom stereocenters. The van der Waals surface area contributed by atoms with E-state index in [1.54, 1.807) is 22.9 Å². The third-order valence-corrected chi connectivity index (χ3v) is 3.77. The van der Waals surface area contributed by atoms with Crippen molar-refractivity contribution in [3.8, 4) is 0 Å². The van der Waals surface area contributed by atoms with E-state index in [0.717, 1.165) is 11.3 Å². The number of likely N-dealkylation sites (N-methyl/N-ethyl adjacent to an activating group) is 1. The largest absolute Gasteiger partial charge is 0.329 e. The summed E-state index contributed by atoms with van der Waals surface area (Å²) in [5, 5.41) is 2.37. The fourth-order valence-electron chi connectivity index (χ4n) is 2.02. The fourth-order valence-corrected chi connectivity index (χ4v) is 2.80. The Balaban J connectivity index is 2.18. The molecule has 0 bridgehead atoms. The van der Waals surface area contributed by atoms with Crippen LogP contribution in [0.1, 0.15) is 17.3 Å². The lowest BCUT2D eigenvalue weighted by molar-refractivity contribution is 0.239. The molecule has 102 valence electrons. The smallest absolute Gasteiger partial charge is 0.125 e. The molecular weight excluding hydrogens is 285 g/mol. The van der Waals surface area contributed by atoms with E-state index in [0.29, 0.717) is 18.1 Å². The Morgan fingerprint density at radius 2 is 2.26 bits per heavy atom. The van der Waals surface area contributed by atoms with Crippen LogP contribution in [-0.4, -0.2) is 23.5 Å². The minimum atomic E-state index is -0.344. The molecule has 0 aliphatic rings. The molecular formula is C13H15ClFN3S. The molecule has 0 aliphatic heterocycles. The lowest BCUT2D eigenvalue weighted by atomic mass is 10.1. The number of nitrogens with zero attached hydrogens (tertiary/aromatic N) is 2. The molecule has 2 aromatic rings. The van der Waals surface area contributed by atoms with Crippen molar-refractivity contribution in [2.24, 2.45) is 5.73 Å². The number of halogens is 2. The molecule has 2 N–H and O–H groups in total. The summed E-state index contributed by atoms with van der Waals surface area (Å²) in [7, 11) is 1.94. The van der Waals surface area contributed by atoms with Crippen LogP contribution >= 0.6 is 22.9 Å². The second kappa shape index (κ2) is 6.43. The van der Waals surface area contributed by atoms with Gasteiger partial charge in [-0.2, -0.15) is 0 Å². The topological polar surface area (TPSA) is 42.2 Å². The predicted octanol–water partition coefficient (Wildman–Crippen LogP) is 3.07. The first-order valence-electron chi connectivity index (χ1n) is 5.83. The molecule has 0 amide bonds. The van der Waals surface area contributed by atoms with Crippen molar-refractivity contribution in [2.75, 3.05) is 13.6 Å². The number of hydrogen-bond donors (Lipinski definition) is 1. The number of benzene rings is 1. The Bertz CT molecular complexity index is 512. The van der Waals surface area contributed by atoms with Crippen LogP contribution < -0.4 is 5.73 Å². The van der Waals surface area contributed by atoms with Gasteiger partial charge in [-0.1, -0.05) is 11.6 Å². The zero-order valence-corrected chi connectivity index (χ0v) is 12.1. The van der Waals surface area contributed by atoms with Crippen molar-refractivity contribution in [1.29, 1.82) is 0 Å². The summed E-state index contributed by atoms with van der Waals surface area (Å²) < 4.78 is 13.4. The molecule has 1 heterocycles. The van der Waals surface area contributed by atoms with Gasteiger partial charge in [-0.15, -0.1) is 11.3 Å². The summed E-state index contributed by atoms with van der Waals surface area (Å²) in [6.45, 7) is 1.06. The highest BCUT2D eigenvalue weighted by Crippen LogP contribution is 2.24. The fraction of sp³-hybridized carbons (Fsp3) is 0.308. The van der Waals surface area contributed by atoms with Crippen LogP contribution in [0.3, 0.4) is 0 Å². The molecule has 19 heavy (non-hydrogen) atoms. The van der Waals surface area contributed by atoms with E-state index in [1.165, 1.54) is 12.1 Å². The van der Waals surface area contributed by atoms with Gasteiger partial charge in [-0.05, 0) is 30.8 Å². The zero-order chi connectivity index (χ0) is 13.8. The lowest BCUT2D eigenvalue weighted by Crippen LogP contribution is -2.30. The van der Waals surface area contributed by atoms with E-state index < -0.39 is 0 Å². The highest BCUT2D eigenvalue weighted by atomic mass is 35.5. The highest BCUT2D eigenvalue weighted by molar-refractivity contribution is 7.07. The first kappa shape index (κ1) is 14.4. The van der Waals surface area contributed by atoms with Gasteiger partial charge in [-0.3, -0.25) is 4.90 Å². The van der Waals surface area contributed by atoms with E-state index >= 15 is 0 Å². The maximum absolute atomic E-state index is 13.4. The monoisotopic (exact) mass is 299 g/mol. The molecule has 0 saturated heterocycles. The van der Waals surface area contributed by atoms with Crippen molar-refractivity contribution in [1.82, 2.24) is 9.88 Å². The second-order valence-electron chi connectivity index (χ2n) is 4.35. The van der Waals surface area contributed by atoms with E-state index in [2.05, 4.69) is 4.98 Å². The zero-order valence-electron chi connectivity index (χ0n) is 10.5. The summed E-state index contributed by atoms with van der Waals surface area (Å²) in [5.41, 5.74) is 9.36. The minimum absolute atomic E-state index is 0.0881. The SMILES string of the molecule is CN(Cc1cscn1)C(CN)c1cc(F)cc(Cl)c1. The van der Waals surface area contributed by atoms with Gasteiger partial charge in [0.15, 0.2) is 0 Å². The summed E-state index contributed by atoms with van der Waals surface area (Å²) >= 11 is 7.44. The first-order valence-corrected chi connectivity index (χ1v) is 7.15. The van der Waals surface area contributed by atoms with Gasteiger partial charge in [0.2, 0.25) is 0 Å². The Hall–Kier alpha value is -1.01. The van der Waals surface area contributed by atoms with E-state index in [-0.39, 0.29) is 11.9 Å². The van der Waals surface area contributed by atoms with Crippen molar-refractivity contribution in [3.63, 3.8) is 0 Å². The molecule has 1 unspecified atom stereocenters. The van der Waals surface area contributed by atoms with Crippen LogP contribution in [0, 0.1) is 5.82 Å². The van der Waals surface area contributed by atoms with Gasteiger partial charge in [0.05, 0.1) is 11.2 Å². The van der Waals surface area contributed by atoms with Crippen LogP contribution in [0.2, 0.25) is 5.02 Å². The van der Waals surface area contributed by atoms with Gasteiger partial charge >= 0.3 is 0 Å². The maximum atomic E-state index is 13.4. The summed E-state index contributed by atoms with van der Waals surface area (Å²) in [6.07, 6.45) is 0. The molecule has 1 aromatic carbocycles. The Morgan fingerprint density at radius 1 is 1.47 bits per heavy atom. The van der Waals surface area contributed by atoms with Crippen LogP contribution in [0.25, 0.3) is 0 Å². The van der Waals surface area contributed by atoms with Gasteiger partial charge in [0.25, 0.3) is 0 Å². The normalized spacial score (nSPS) is 12.9. The molecule has 3 nitrogen and oxygen atoms in total. The Labute approximate surface area is 120 Å². The maximum Gasteiger partial charge on any atom is 0.125 e. The van der Waals surface area contributed by atoms with Crippen molar-refractivity contribution < 1.29 is 4.39 Å². The number of hydrogen-bond acceptors (Lipinski definition) is 4. The predicted molar refractivity (Wildman–Crippen MR) is 76.8 cm³/mol. The summed E-state index contributed by atoms with van der Waals surface area (Å²) in [6, 6.07) is 4.43. The van der Waals surface area contributed by atoms with E-state index in [4.69, 9.17) is 17.3 Å². The molecule has 0 radical (unpaired) electrons. The van der Waals surface area contributed by atoms with E-state index in [9.17, 15) is 4.39 Å². The van der Waals surface area contributed by atoms with Gasteiger partial charge in [0, 0.05) is 29.5 Å². The molecule has 6 heteroatoms. The van der Waals surface area contributed by atoms with Gasteiger partial charge in [-0.25, -0.2) is 9.37 Å². The highest BCUT2D eigenvalue weighted by Gasteiger charge is 2.17. The number of rotatable bonds is 5. The van der Waals surface area contributed by atoms with Crippen molar-refractivity contribution in [3.05, 3.63) is 51.2 Å². The number of nitrogens with two attached hydrogens (primary N) is 1. The van der Waals surface area contributed by atoms with Gasteiger partial charge < -0.3 is 5.73 Å². The van der Waals surface area contributed by atoms with Crippen LogP contribution in [0.15, 0.2) is 29.1 Å². The van der Waals surface area contributed by atoms with Crippen LogP contribution in [0.5, 0.6) is 0 Å². The summed E-state index contributed by atoms with van der Waals surface area (Å²) in [5.74, 6) is -0.344. The van der Waals surface area contributed by atoms with E-state index in [1.807, 2.05) is 17.3 Å².